The van der Waals surface area contributed by atoms with Gasteiger partial charge in [-0.3, -0.25) is 15.1 Å². The first kappa shape index (κ1) is 23.9. The molecule has 178 valence electrons. The summed E-state index contributed by atoms with van der Waals surface area (Å²) in [5, 5.41) is 9.06. The van der Waals surface area contributed by atoms with Gasteiger partial charge in [-0.2, -0.15) is 0 Å². The molecule has 6 nitrogen and oxygen atoms in total. The summed E-state index contributed by atoms with van der Waals surface area (Å²) in [5.74, 6) is 0.0401. The van der Waals surface area contributed by atoms with Crippen molar-refractivity contribution in [2.24, 2.45) is 11.7 Å². The van der Waals surface area contributed by atoms with Gasteiger partial charge < -0.3 is 10.5 Å². The van der Waals surface area contributed by atoms with Crippen molar-refractivity contribution in [3.63, 3.8) is 0 Å². The third-order valence-corrected chi connectivity index (χ3v) is 7.43. The van der Waals surface area contributed by atoms with Crippen LogP contribution >= 0.6 is 11.3 Å². The van der Waals surface area contributed by atoms with Crippen molar-refractivity contribution < 1.29 is 13.9 Å². The molecule has 1 aliphatic carbocycles. The Morgan fingerprint density at radius 3 is 2.53 bits per heavy atom. The van der Waals surface area contributed by atoms with Gasteiger partial charge in [0.1, 0.15) is 5.82 Å². The molecule has 34 heavy (non-hydrogen) atoms. The van der Waals surface area contributed by atoms with Gasteiger partial charge in [0.15, 0.2) is 5.96 Å². The summed E-state index contributed by atoms with van der Waals surface area (Å²) >= 11 is 1.69. The summed E-state index contributed by atoms with van der Waals surface area (Å²) < 4.78 is 19.4. The van der Waals surface area contributed by atoms with Crippen molar-refractivity contribution in [2.45, 2.75) is 44.9 Å². The van der Waals surface area contributed by atoms with Gasteiger partial charge in [0.05, 0.1) is 22.2 Å². The molecule has 3 N–H and O–H groups in total. The zero-order chi connectivity index (χ0) is 24.1. The average Bonchev–Trinajstić information content (AvgIpc) is 3.32. The normalized spacial score (nSPS) is 17.8. The Kier molecular flexibility index (Phi) is 7.57. The second-order valence-corrected chi connectivity index (χ2v) is 9.57. The van der Waals surface area contributed by atoms with Crippen LogP contribution < -0.4 is 10.6 Å². The first-order valence-corrected chi connectivity index (χ1v) is 12.4. The number of carbonyl (C=O) groups excluding carboxylic acids is 1. The van der Waals surface area contributed by atoms with Crippen LogP contribution in [0, 0.1) is 17.1 Å². The van der Waals surface area contributed by atoms with E-state index in [1.54, 1.807) is 29.5 Å². The summed E-state index contributed by atoms with van der Waals surface area (Å²) in [5.41, 5.74) is 7.63. The number of nitrogens with one attached hydrogen (secondary N) is 1. The Bertz CT molecular complexity index is 1140. The Labute approximate surface area is 203 Å². The Balaban J connectivity index is 1.43. The van der Waals surface area contributed by atoms with Gasteiger partial charge in [0, 0.05) is 24.2 Å². The van der Waals surface area contributed by atoms with Crippen molar-refractivity contribution in [1.29, 1.82) is 5.41 Å². The first-order chi connectivity index (χ1) is 16.5. The minimum Gasteiger partial charge on any atom is -0.466 e. The van der Waals surface area contributed by atoms with Crippen molar-refractivity contribution >= 4 is 34.6 Å². The van der Waals surface area contributed by atoms with Gasteiger partial charge >= 0.3 is 5.97 Å². The fraction of sp³-hybridized carbons (Fsp3) is 0.346. The average molecular weight is 481 g/mol. The Morgan fingerprint density at radius 2 is 1.88 bits per heavy atom. The lowest BCUT2D eigenvalue weighted by Crippen LogP contribution is -2.32. The van der Waals surface area contributed by atoms with E-state index in [9.17, 15) is 9.18 Å². The van der Waals surface area contributed by atoms with Crippen LogP contribution in [-0.2, 0) is 9.53 Å². The van der Waals surface area contributed by atoms with Gasteiger partial charge in [-0.15, -0.1) is 11.3 Å². The number of aromatic nitrogens is 1. The second kappa shape index (κ2) is 10.8. The molecule has 1 aromatic heterocycles. The van der Waals surface area contributed by atoms with E-state index in [1.165, 1.54) is 11.0 Å². The van der Waals surface area contributed by atoms with E-state index >= 15 is 0 Å². The highest BCUT2D eigenvalue weighted by atomic mass is 32.1. The van der Waals surface area contributed by atoms with Gasteiger partial charge in [-0.05, 0) is 68.4 Å². The number of esters is 1. The maximum absolute atomic E-state index is 14.3. The van der Waals surface area contributed by atoms with E-state index in [-0.39, 0.29) is 17.6 Å². The highest BCUT2D eigenvalue weighted by molar-refractivity contribution is 7.15. The van der Waals surface area contributed by atoms with Gasteiger partial charge in [-0.25, -0.2) is 9.37 Å². The maximum atomic E-state index is 14.3. The number of hydrogen-bond acceptors (Lipinski definition) is 5. The lowest BCUT2D eigenvalue weighted by molar-refractivity contribution is -0.144. The number of anilines is 2. The van der Waals surface area contributed by atoms with Crippen LogP contribution in [-0.4, -0.2) is 23.5 Å². The second-order valence-electron chi connectivity index (χ2n) is 8.51. The molecule has 0 atom stereocenters. The van der Waals surface area contributed by atoms with Crippen LogP contribution in [0.3, 0.4) is 0 Å². The lowest BCUT2D eigenvalue weighted by atomic mass is 9.81. The van der Waals surface area contributed by atoms with Crippen LogP contribution in [0.4, 0.5) is 15.8 Å². The topological polar surface area (TPSA) is 92.3 Å². The Morgan fingerprint density at radius 1 is 1.18 bits per heavy atom. The lowest BCUT2D eigenvalue weighted by Gasteiger charge is -2.26. The molecule has 0 unspecified atom stereocenters. The number of rotatable bonds is 7. The van der Waals surface area contributed by atoms with Crippen LogP contribution in [0.15, 0.2) is 54.7 Å². The maximum Gasteiger partial charge on any atom is 0.306 e. The number of guanidine groups is 1. The van der Waals surface area contributed by atoms with Crippen molar-refractivity contribution in [3.05, 3.63) is 65.6 Å². The zero-order valence-corrected chi connectivity index (χ0v) is 20.0. The van der Waals surface area contributed by atoms with E-state index in [1.807, 2.05) is 37.4 Å². The molecular formula is C26H29FN4O2S. The highest BCUT2D eigenvalue weighted by Crippen LogP contribution is 2.40. The predicted octanol–water partition coefficient (Wildman–Crippen LogP) is 6.21. The molecule has 1 fully saturated rings. The summed E-state index contributed by atoms with van der Waals surface area (Å²) in [6, 6.07) is 13.8. The fourth-order valence-corrected chi connectivity index (χ4v) is 5.59. The minimum absolute atomic E-state index is 0.0933. The van der Waals surface area contributed by atoms with Crippen molar-refractivity contribution in [2.75, 3.05) is 11.5 Å². The number of benzene rings is 2. The number of nitrogens with zero attached hydrogens (tertiary/aromatic N) is 2. The van der Waals surface area contributed by atoms with Gasteiger partial charge in [0.2, 0.25) is 0 Å². The molecule has 2 aromatic carbocycles. The number of carbonyl (C=O) groups is 1. The molecule has 8 heteroatoms. The SMILES string of the molecule is CCOC(=O)CC1CCC(c2ncc(-c3ccc(N(C(=N)N)c4ccccc4F)cc3)s2)CC1. The number of thiazole rings is 1. The summed E-state index contributed by atoms with van der Waals surface area (Å²) in [6.45, 7) is 2.28. The summed E-state index contributed by atoms with van der Waals surface area (Å²) in [6.07, 6.45) is 6.52. The van der Waals surface area contributed by atoms with Crippen molar-refractivity contribution in [1.82, 2.24) is 4.98 Å². The molecule has 0 aliphatic heterocycles. The van der Waals surface area contributed by atoms with Crippen LogP contribution in [0.5, 0.6) is 0 Å². The van der Waals surface area contributed by atoms with Crippen LogP contribution in [0.25, 0.3) is 10.4 Å². The number of hydrogen-bond donors (Lipinski definition) is 2. The molecular weight excluding hydrogens is 451 g/mol. The summed E-state index contributed by atoms with van der Waals surface area (Å²) in [7, 11) is 0. The third kappa shape index (κ3) is 5.44. The predicted molar refractivity (Wildman–Crippen MR) is 134 cm³/mol. The third-order valence-electron chi connectivity index (χ3n) is 6.22. The van der Waals surface area contributed by atoms with E-state index in [2.05, 4.69) is 4.98 Å². The molecule has 1 aliphatic rings. The largest absolute Gasteiger partial charge is 0.466 e. The van der Waals surface area contributed by atoms with Crippen LogP contribution in [0.2, 0.25) is 0 Å². The van der Waals surface area contributed by atoms with Crippen molar-refractivity contribution in [3.8, 4) is 10.4 Å². The molecule has 3 aromatic rings. The van der Waals surface area contributed by atoms with Crippen LogP contribution in [0.1, 0.15) is 50.0 Å². The van der Waals surface area contributed by atoms with E-state index < -0.39 is 5.82 Å². The monoisotopic (exact) mass is 480 g/mol. The summed E-state index contributed by atoms with van der Waals surface area (Å²) in [4.78, 5) is 18.9. The van der Waals surface area contributed by atoms with Gasteiger partial charge in [0.25, 0.3) is 0 Å². The molecule has 1 heterocycles. The number of halogens is 1. The number of nitrogens with two attached hydrogens (primary N) is 1. The molecule has 4 rings (SSSR count). The molecule has 0 bridgehead atoms. The molecule has 1 saturated carbocycles. The van der Waals surface area contributed by atoms with Gasteiger partial charge in [-0.1, -0.05) is 24.3 Å². The highest BCUT2D eigenvalue weighted by Gasteiger charge is 2.26. The molecule has 0 spiro atoms. The molecule has 0 saturated heterocycles. The Hall–Kier alpha value is -3.26. The standard InChI is InChI=1S/C26H29FN4O2S/c1-2-33-24(32)15-17-7-9-19(10-8-17)25-30-16-23(34-25)18-11-13-20(14-12-18)31(26(28)29)22-6-4-3-5-21(22)27/h3-6,11-14,16-17,19H,2,7-10,15H2,1H3,(H3,28,29). The first-order valence-electron chi connectivity index (χ1n) is 11.6. The van der Waals surface area contributed by atoms with E-state index in [4.69, 9.17) is 15.9 Å². The zero-order valence-electron chi connectivity index (χ0n) is 19.2. The quantitative estimate of drug-likeness (QED) is 0.238. The smallest absolute Gasteiger partial charge is 0.306 e. The fourth-order valence-electron chi connectivity index (χ4n) is 4.49. The van der Waals surface area contributed by atoms with E-state index in [0.29, 0.717) is 30.6 Å². The number of para-hydroxylation sites is 1. The van der Waals surface area contributed by atoms with E-state index in [0.717, 1.165) is 41.1 Å². The minimum atomic E-state index is -0.439. The number of ether oxygens (including phenoxy) is 1. The molecule has 0 radical (unpaired) electrons. The molecule has 0 amide bonds.